The zero-order valence-corrected chi connectivity index (χ0v) is 12.3. The molecular weight excluding hydrogens is 260 g/mol. The molecule has 2 N–H and O–H groups in total. The molecule has 0 amide bonds. The summed E-state index contributed by atoms with van der Waals surface area (Å²) in [6.07, 6.45) is 0.964. The van der Waals surface area contributed by atoms with E-state index in [0.717, 1.165) is 18.5 Å². The highest BCUT2D eigenvalue weighted by Gasteiger charge is 2.24. The Morgan fingerprint density at radius 3 is 2.84 bits per heavy atom. The minimum atomic E-state index is -3.23. The Balaban J connectivity index is 2.08. The quantitative estimate of drug-likeness (QED) is 0.859. The Bertz CT molecular complexity index is 526. The van der Waals surface area contributed by atoms with E-state index in [0.29, 0.717) is 12.5 Å². The van der Waals surface area contributed by atoms with Gasteiger partial charge in [0.1, 0.15) is 0 Å². The number of nitrogens with one attached hydrogen (secondary N) is 2. The van der Waals surface area contributed by atoms with Gasteiger partial charge in [-0.3, -0.25) is 0 Å². The summed E-state index contributed by atoms with van der Waals surface area (Å²) in [6, 6.07) is 7.97. The van der Waals surface area contributed by atoms with Gasteiger partial charge in [0.05, 0.1) is 5.75 Å². The molecule has 1 heterocycles. The van der Waals surface area contributed by atoms with Gasteiger partial charge in [0.2, 0.25) is 10.0 Å². The first-order valence-electron chi connectivity index (χ1n) is 6.76. The molecule has 0 radical (unpaired) electrons. The molecule has 19 heavy (non-hydrogen) atoms. The Morgan fingerprint density at radius 2 is 2.11 bits per heavy atom. The molecule has 0 spiro atoms. The average molecular weight is 282 g/mol. The molecule has 106 valence electrons. The Hall–Kier alpha value is -0.910. The van der Waals surface area contributed by atoms with Gasteiger partial charge in [0.25, 0.3) is 0 Å². The maximum absolute atomic E-state index is 12.1. The van der Waals surface area contributed by atoms with Gasteiger partial charge in [-0.1, -0.05) is 38.1 Å². The lowest BCUT2D eigenvalue weighted by molar-refractivity contribution is 0.515. The van der Waals surface area contributed by atoms with Gasteiger partial charge in [0.15, 0.2) is 0 Å². The second kappa shape index (κ2) is 6.03. The Morgan fingerprint density at radius 1 is 1.37 bits per heavy atom. The first kappa shape index (κ1) is 14.5. The van der Waals surface area contributed by atoms with Gasteiger partial charge in [-0.15, -0.1) is 0 Å². The van der Waals surface area contributed by atoms with Gasteiger partial charge in [-0.2, -0.15) is 0 Å². The highest BCUT2D eigenvalue weighted by molar-refractivity contribution is 7.89. The van der Waals surface area contributed by atoms with Crippen molar-refractivity contribution in [2.75, 3.05) is 18.8 Å². The third-order valence-electron chi connectivity index (χ3n) is 3.31. The fourth-order valence-electron chi connectivity index (χ4n) is 2.31. The molecule has 0 aromatic heterocycles. The summed E-state index contributed by atoms with van der Waals surface area (Å²) in [6.45, 7) is 5.32. The number of rotatable bonds is 5. The molecule has 1 atom stereocenters. The number of benzene rings is 1. The third-order valence-corrected chi connectivity index (χ3v) is 4.69. The van der Waals surface area contributed by atoms with Crippen LogP contribution in [0, 0.1) is 5.92 Å². The zero-order chi connectivity index (χ0) is 13.9. The summed E-state index contributed by atoms with van der Waals surface area (Å²) in [5, 5.41) is 3.30. The van der Waals surface area contributed by atoms with Crippen LogP contribution in [-0.2, 0) is 16.4 Å². The fraction of sp³-hybridized carbons (Fsp3) is 0.571. The Labute approximate surface area is 115 Å². The number of hydrogen-bond acceptors (Lipinski definition) is 3. The molecule has 2 rings (SSSR count). The lowest BCUT2D eigenvalue weighted by atomic mass is 9.95. The van der Waals surface area contributed by atoms with Crippen molar-refractivity contribution in [3.63, 3.8) is 0 Å². The lowest BCUT2D eigenvalue weighted by Crippen LogP contribution is -2.39. The summed E-state index contributed by atoms with van der Waals surface area (Å²) in [5.41, 5.74) is 2.37. The molecule has 1 unspecified atom stereocenters. The van der Waals surface area contributed by atoms with Crippen molar-refractivity contribution in [1.82, 2.24) is 10.0 Å². The maximum atomic E-state index is 12.1. The largest absolute Gasteiger partial charge is 0.309 e. The molecule has 4 nitrogen and oxygen atoms in total. The summed E-state index contributed by atoms with van der Waals surface area (Å²) in [5.74, 6) is 0.429. The predicted molar refractivity (Wildman–Crippen MR) is 77.5 cm³/mol. The molecule has 1 aliphatic heterocycles. The zero-order valence-electron chi connectivity index (χ0n) is 11.5. The summed E-state index contributed by atoms with van der Waals surface area (Å²) in [7, 11) is -3.23. The molecule has 0 saturated heterocycles. The van der Waals surface area contributed by atoms with Crippen LogP contribution in [0.4, 0.5) is 0 Å². The van der Waals surface area contributed by atoms with Crippen LogP contribution in [0.2, 0.25) is 0 Å². The van der Waals surface area contributed by atoms with Crippen LogP contribution in [0.5, 0.6) is 0 Å². The normalized spacial score (nSPS) is 19.4. The van der Waals surface area contributed by atoms with Gasteiger partial charge in [-0.05, 0) is 30.0 Å². The van der Waals surface area contributed by atoms with Crippen molar-refractivity contribution < 1.29 is 8.42 Å². The molecule has 1 aromatic carbocycles. The SMILES string of the molecule is CC(C)CNS(=O)(=O)CC1NCCc2ccccc21. The second-order valence-electron chi connectivity index (χ2n) is 5.48. The summed E-state index contributed by atoms with van der Waals surface area (Å²) in [4.78, 5) is 0. The maximum Gasteiger partial charge on any atom is 0.213 e. The highest BCUT2D eigenvalue weighted by atomic mass is 32.2. The van der Waals surface area contributed by atoms with E-state index in [9.17, 15) is 8.42 Å². The number of fused-ring (bicyclic) bond motifs is 1. The first-order valence-corrected chi connectivity index (χ1v) is 8.41. The van der Waals surface area contributed by atoms with Crippen molar-refractivity contribution in [2.45, 2.75) is 26.3 Å². The van der Waals surface area contributed by atoms with E-state index >= 15 is 0 Å². The summed E-state index contributed by atoms with van der Waals surface area (Å²) < 4.78 is 26.8. The van der Waals surface area contributed by atoms with Crippen LogP contribution in [0.3, 0.4) is 0 Å². The fourth-order valence-corrected chi connectivity index (χ4v) is 3.75. The molecule has 5 heteroatoms. The van der Waals surface area contributed by atoms with Crippen molar-refractivity contribution in [1.29, 1.82) is 0 Å². The predicted octanol–water partition coefficient (Wildman–Crippen LogP) is 1.45. The van der Waals surface area contributed by atoms with Crippen LogP contribution in [0.25, 0.3) is 0 Å². The molecule has 0 aliphatic carbocycles. The Kier molecular flexibility index (Phi) is 4.60. The van der Waals surface area contributed by atoms with Crippen molar-refractivity contribution in [3.05, 3.63) is 35.4 Å². The van der Waals surface area contributed by atoms with E-state index in [1.54, 1.807) is 0 Å². The topological polar surface area (TPSA) is 58.2 Å². The van der Waals surface area contributed by atoms with Crippen LogP contribution in [0.1, 0.15) is 31.0 Å². The number of sulfonamides is 1. The molecule has 1 aromatic rings. The van der Waals surface area contributed by atoms with Crippen LogP contribution >= 0.6 is 0 Å². The lowest BCUT2D eigenvalue weighted by Gasteiger charge is -2.26. The third kappa shape index (κ3) is 4.03. The van der Waals surface area contributed by atoms with Gasteiger partial charge >= 0.3 is 0 Å². The van der Waals surface area contributed by atoms with E-state index < -0.39 is 10.0 Å². The van der Waals surface area contributed by atoms with E-state index in [4.69, 9.17) is 0 Å². The molecule has 0 fully saturated rings. The van der Waals surface area contributed by atoms with Gasteiger partial charge in [0, 0.05) is 12.6 Å². The average Bonchev–Trinajstić information content (AvgIpc) is 2.37. The molecule has 1 aliphatic rings. The first-order chi connectivity index (χ1) is 8.98. The van der Waals surface area contributed by atoms with Gasteiger partial charge < -0.3 is 5.32 Å². The smallest absolute Gasteiger partial charge is 0.213 e. The standard InChI is InChI=1S/C14H22N2O2S/c1-11(2)9-16-19(17,18)10-14-13-6-4-3-5-12(13)7-8-15-14/h3-6,11,14-16H,7-10H2,1-2H3. The van der Waals surface area contributed by atoms with Crippen molar-refractivity contribution >= 4 is 10.0 Å². The highest BCUT2D eigenvalue weighted by Crippen LogP contribution is 2.23. The minimum absolute atomic E-state index is 0.102. The summed E-state index contributed by atoms with van der Waals surface area (Å²) >= 11 is 0. The van der Waals surface area contributed by atoms with E-state index in [-0.39, 0.29) is 11.8 Å². The van der Waals surface area contributed by atoms with E-state index in [2.05, 4.69) is 16.1 Å². The van der Waals surface area contributed by atoms with Crippen LogP contribution < -0.4 is 10.0 Å². The van der Waals surface area contributed by atoms with E-state index in [1.165, 1.54) is 5.56 Å². The molecule has 0 bridgehead atoms. The minimum Gasteiger partial charge on any atom is -0.309 e. The van der Waals surface area contributed by atoms with Crippen molar-refractivity contribution in [3.8, 4) is 0 Å². The monoisotopic (exact) mass is 282 g/mol. The van der Waals surface area contributed by atoms with Crippen molar-refractivity contribution in [2.24, 2.45) is 5.92 Å². The molecular formula is C14H22N2O2S. The van der Waals surface area contributed by atoms with Gasteiger partial charge in [-0.25, -0.2) is 13.1 Å². The second-order valence-corrected chi connectivity index (χ2v) is 7.33. The van der Waals surface area contributed by atoms with E-state index in [1.807, 2.05) is 32.0 Å². The van der Waals surface area contributed by atoms with Crippen LogP contribution in [-0.4, -0.2) is 27.3 Å². The van der Waals surface area contributed by atoms with Crippen LogP contribution in [0.15, 0.2) is 24.3 Å². The number of hydrogen-bond donors (Lipinski definition) is 2. The molecule has 0 saturated carbocycles.